The zero-order valence-corrected chi connectivity index (χ0v) is 13.3. The van der Waals surface area contributed by atoms with E-state index in [1.807, 2.05) is 24.3 Å². The van der Waals surface area contributed by atoms with E-state index >= 15 is 0 Å². The molecule has 114 valence electrons. The lowest BCUT2D eigenvalue weighted by molar-refractivity contribution is -0.183. The zero-order valence-electron chi connectivity index (χ0n) is 11.7. The fourth-order valence-corrected chi connectivity index (χ4v) is 3.35. The van der Waals surface area contributed by atoms with Crippen molar-refractivity contribution in [2.75, 3.05) is 18.5 Å². The number of halogens is 1. The van der Waals surface area contributed by atoms with Crippen LogP contribution < -0.4 is 11.1 Å². The van der Waals surface area contributed by atoms with Crippen LogP contribution in [0, 0.1) is 0 Å². The number of nitrogens with two attached hydrogens (primary N) is 1. The van der Waals surface area contributed by atoms with Crippen LogP contribution in [-0.4, -0.2) is 30.4 Å². The molecule has 1 aromatic carbocycles. The summed E-state index contributed by atoms with van der Waals surface area (Å²) in [6, 6.07) is 7.73. The summed E-state index contributed by atoms with van der Waals surface area (Å²) in [7, 11) is 0. The van der Waals surface area contributed by atoms with Crippen LogP contribution in [0.3, 0.4) is 0 Å². The van der Waals surface area contributed by atoms with Gasteiger partial charge in [0.15, 0.2) is 5.79 Å². The second-order valence-corrected chi connectivity index (χ2v) is 6.60. The Hall–Kier alpha value is -1.11. The topological polar surface area (TPSA) is 73.6 Å². The minimum absolute atomic E-state index is 0.321. The highest BCUT2D eigenvalue weighted by molar-refractivity contribution is 9.10. The van der Waals surface area contributed by atoms with E-state index in [1.54, 1.807) is 0 Å². The molecule has 6 heteroatoms. The number of rotatable bonds is 3. The van der Waals surface area contributed by atoms with Crippen molar-refractivity contribution in [3.8, 4) is 0 Å². The molecule has 2 aliphatic rings. The lowest BCUT2D eigenvalue weighted by Crippen LogP contribution is -2.55. The second kappa shape index (κ2) is 5.59. The molecule has 0 bridgehead atoms. The maximum Gasteiger partial charge on any atom is 0.243 e. The van der Waals surface area contributed by atoms with Crippen molar-refractivity contribution in [1.82, 2.24) is 0 Å². The van der Waals surface area contributed by atoms with Gasteiger partial charge in [0.2, 0.25) is 5.91 Å². The van der Waals surface area contributed by atoms with Gasteiger partial charge in [-0.05, 0) is 37.1 Å². The molecule has 3 rings (SSSR count). The molecule has 0 unspecified atom stereocenters. The third kappa shape index (κ3) is 2.93. The number of carbonyl (C=O) groups is 1. The molecule has 5 nitrogen and oxygen atoms in total. The molecule has 0 atom stereocenters. The van der Waals surface area contributed by atoms with E-state index in [-0.39, 0.29) is 5.91 Å². The number of primary amides is 1. The first-order valence-electron chi connectivity index (χ1n) is 7.15. The monoisotopic (exact) mass is 354 g/mol. The second-order valence-electron chi connectivity index (χ2n) is 5.69. The van der Waals surface area contributed by atoms with Gasteiger partial charge in [0, 0.05) is 23.0 Å². The van der Waals surface area contributed by atoms with E-state index < -0.39 is 11.3 Å². The molecule has 1 amide bonds. The summed E-state index contributed by atoms with van der Waals surface area (Å²) in [5.41, 5.74) is 5.84. The molecule has 1 aliphatic carbocycles. The van der Waals surface area contributed by atoms with Gasteiger partial charge in [-0.1, -0.05) is 15.9 Å². The van der Waals surface area contributed by atoms with Gasteiger partial charge in [-0.2, -0.15) is 0 Å². The number of nitrogens with one attached hydrogen (secondary N) is 1. The summed E-state index contributed by atoms with van der Waals surface area (Å²) in [5.74, 6) is -0.821. The van der Waals surface area contributed by atoms with Crippen LogP contribution in [0.4, 0.5) is 5.69 Å². The Labute approximate surface area is 132 Å². The van der Waals surface area contributed by atoms with Gasteiger partial charge in [-0.3, -0.25) is 4.79 Å². The van der Waals surface area contributed by atoms with Gasteiger partial charge < -0.3 is 20.5 Å². The first-order chi connectivity index (χ1) is 10.0. The Bertz CT molecular complexity index is 516. The van der Waals surface area contributed by atoms with E-state index in [4.69, 9.17) is 15.2 Å². The minimum Gasteiger partial charge on any atom is -0.371 e. The highest BCUT2D eigenvalue weighted by Crippen LogP contribution is 2.41. The number of carbonyl (C=O) groups excluding carboxylic acids is 1. The maximum atomic E-state index is 12.0. The number of hydrogen-bond acceptors (Lipinski definition) is 4. The highest BCUT2D eigenvalue weighted by Gasteiger charge is 2.49. The van der Waals surface area contributed by atoms with Gasteiger partial charge in [0.05, 0.1) is 13.2 Å². The molecule has 1 spiro atoms. The van der Waals surface area contributed by atoms with Crippen LogP contribution >= 0.6 is 15.9 Å². The summed E-state index contributed by atoms with van der Waals surface area (Å²) in [4.78, 5) is 12.0. The highest BCUT2D eigenvalue weighted by atomic mass is 79.9. The zero-order chi connectivity index (χ0) is 14.9. The van der Waals surface area contributed by atoms with Crippen LogP contribution in [0.5, 0.6) is 0 Å². The van der Waals surface area contributed by atoms with E-state index in [9.17, 15) is 4.79 Å². The van der Waals surface area contributed by atoms with E-state index in [1.165, 1.54) is 0 Å². The van der Waals surface area contributed by atoms with Crippen LogP contribution in [0.25, 0.3) is 0 Å². The van der Waals surface area contributed by atoms with Crippen LogP contribution in [-0.2, 0) is 14.3 Å². The molecule has 1 aliphatic heterocycles. The van der Waals surface area contributed by atoms with E-state index in [0.29, 0.717) is 38.9 Å². The molecule has 21 heavy (non-hydrogen) atoms. The summed E-state index contributed by atoms with van der Waals surface area (Å²) in [6.07, 6.45) is 2.58. The minimum atomic E-state index is -0.728. The smallest absolute Gasteiger partial charge is 0.243 e. The fraction of sp³-hybridized carbons (Fsp3) is 0.533. The lowest BCUT2D eigenvalue weighted by atomic mass is 9.78. The van der Waals surface area contributed by atoms with Gasteiger partial charge in [0.1, 0.15) is 5.54 Å². The molecular formula is C15H19BrN2O3. The summed E-state index contributed by atoms with van der Waals surface area (Å²) >= 11 is 3.40. The van der Waals surface area contributed by atoms with Crippen LogP contribution in [0.15, 0.2) is 28.7 Å². The molecule has 1 saturated carbocycles. The van der Waals surface area contributed by atoms with Crippen molar-refractivity contribution in [2.45, 2.75) is 37.0 Å². The quantitative estimate of drug-likeness (QED) is 0.873. The third-order valence-electron chi connectivity index (χ3n) is 4.38. The average Bonchev–Trinajstić information content (AvgIpc) is 2.93. The molecule has 0 radical (unpaired) electrons. The molecule has 2 fully saturated rings. The van der Waals surface area contributed by atoms with Gasteiger partial charge in [-0.25, -0.2) is 0 Å². The first kappa shape index (κ1) is 14.8. The normalized spacial score (nSPS) is 23.1. The van der Waals surface area contributed by atoms with Crippen molar-refractivity contribution >= 4 is 27.5 Å². The third-order valence-corrected chi connectivity index (χ3v) is 4.91. The maximum absolute atomic E-state index is 12.0. The number of ether oxygens (including phenoxy) is 2. The van der Waals surface area contributed by atoms with Crippen LogP contribution in [0.1, 0.15) is 25.7 Å². The number of hydrogen-bond donors (Lipinski definition) is 2. The lowest BCUT2D eigenvalue weighted by Gasteiger charge is -2.42. The largest absolute Gasteiger partial charge is 0.371 e. The molecule has 1 aromatic rings. The predicted octanol–water partition coefficient (Wildman–Crippen LogP) is 2.40. The Morgan fingerprint density at radius 2 is 1.67 bits per heavy atom. The predicted molar refractivity (Wildman–Crippen MR) is 82.8 cm³/mol. The van der Waals surface area contributed by atoms with Crippen LogP contribution in [0.2, 0.25) is 0 Å². The summed E-state index contributed by atoms with van der Waals surface area (Å²) in [6.45, 7) is 1.26. The van der Waals surface area contributed by atoms with Crippen molar-refractivity contribution < 1.29 is 14.3 Å². The number of benzene rings is 1. The van der Waals surface area contributed by atoms with Crippen molar-refractivity contribution in [1.29, 1.82) is 0 Å². The Kier molecular flexibility index (Phi) is 3.94. The van der Waals surface area contributed by atoms with Gasteiger partial charge >= 0.3 is 0 Å². The Morgan fingerprint density at radius 1 is 1.10 bits per heavy atom. The SMILES string of the molecule is NC(=O)C1(Nc2ccc(Br)cc2)CCC2(CC1)OCCO2. The average molecular weight is 355 g/mol. The summed E-state index contributed by atoms with van der Waals surface area (Å²) < 4.78 is 12.4. The standard InChI is InChI=1S/C15H19BrN2O3/c16-11-1-3-12(4-2-11)18-14(13(17)19)5-7-15(8-6-14)20-9-10-21-15/h1-4,18H,5-10H2,(H2,17,19). The molecule has 1 heterocycles. The van der Waals surface area contributed by atoms with Crippen molar-refractivity contribution in [3.05, 3.63) is 28.7 Å². The van der Waals surface area contributed by atoms with Gasteiger partial charge in [0.25, 0.3) is 0 Å². The first-order valence-corrected chi connectivity index (χ1v) is 7.95. The van der Waals surface area contributed by atoms with Gasteiger partial charge in [-0.15, -0.1) is 0 Å². The fourth-order valence-electron chi connectivity index (χ4n) is 3.09. The van der Waals surface area contributed by atoms with E-state index in [2.05, 4.69) is 21.2 Å². The molecule has 0 aromatic heterocycles. The molecular weight excluding hydrogens is 336 g/mol. The molecule has 1 saturated heterocycles. The summed E-state index contributed by atoms with van der Waals surface area (Å²) in [5, 5.41) is 3.32. The Morgan fingerprint density at radius 3 is 2.19 bits per heavy atom. The Balaban J connectivity index is 1.75. The molecule has 3 N–H and O–H groups in total. The number of amides is 1. The number of anilines is 1. The van der Waals surface area contributed by atoms with Crippen molar-refractivity contribution in [3.63, 3.8) is 0 Å². The van der Waals surface area contributed by atoms with E-state index in [0.717, 1.165) is 10.2 Å². The van der Waals surface area contributed by atoms with Crippen molar-refractivity contribution in [2.24, 2.45) is 5.73 Å².